The minimum atomic E-state index is -2.81. The van der Waals surface area contributed by atoms with E-state index in [2.05, 4.69) is 95.3 Å². The summed E-state index contributed by atoms with van der Waals surface area (Å²) < 4.78 is 13.8. The second-order valence-corrected chi connectivity index (χ2v) is 13.1. The van der Waals surface area contributed by atoms with Crippen LogP contribution in [0.2, 0.25) is 0 Å². The predicted molar refractivity (Wildman–Crippen MR) is 141 cm³/mol. The van der Waals surface area contributed by atoms with Crippen LogP contribution in [0.5, 0.6) is 0 Å². The summed E-state index contributed by atoms with van der Waals surface area (Å²) in [5, 5.41) is 2.39. The molecule has 1 unspecified atom stereocenters. The molecule has 0 aromatic heterocycles. The van der Waals surface area contributed by atoms with Gasteiger partial charge in [-0.1, -0.05) is 140 Å². The number of rotatable bonds is 15. The maximum atomic E-state index is 6.97. The van der Waals surface area contributed by atoms with E-state index in [1.54, 1.807) is 0 Å². The van der Waals surface area contributed by atoms with Gasteiger partial charge in [0.15, 0.2) is 0 Å². The first-order chi connectivity index (χ1) is 15.4. The van der Waals surface area contributed by atoms with Gasteiger partial charge >= 0.3 is 8.56 Å². The number of hydrogen-bond donors (Lipinski definition) is 0. The molecule has 2 aromatic rings. The van der Waals surface area contributed by atoms with Gasteiger partial charge in [0.2, 0.25) is 0 Å². The Morgan fingerprint density at radius 1 is 0.688 bits per heavy atom. The first kappa shape index (κ1) is 26.8. The van der Waals surface area contributed by atoms with Crippen LogP contribution in [0.4, 0.5) is 0 Å². The van der Waals surface area contributed by atoms with Crippen molar-refractivity contribution in [2.45, 2.75) is 98.5 Å². The monoisotopic (exact) mass is 454 g/mol. The smallest absolute Gasteiger partial charge is 0.388 e. The molecule has 1 atom stereocenters. The van der Waals surface area contributed by atoms with Crippen molar-refractivity contribution in [1.29, 1.82) is 0 Å². The van der Waals surface area contributed by atoms with Crippen LogP contribution in [0.15, 0.2) is 60.7 Å². The third kappa shape index (κ3) is 8.50. The second-order valence-electron chi connectivity index (χ2n) is 10.2. The molecule has 0 radical (unpaired) electrons. The summed E-state index contributed by atoms with van der Waals surface area (Å²) >= 11 is 0. The molecule has 0 aliphatic carbocycles. The van der Waals surface area contributed by atoms with Gasteiger partial charge in [-0.05, 0) is 29.1 Å². The first-order valence-electron chi connectivity index (χ1n) is 12.8. The topological polar surface area (TPSA) is 18.5 Å². The molecule has 2 rings (SSSR count). The zero-order chi connectivity index (χ0) is 23.3. The highest BCUT2D eigenvalue weighted by molar-refractivity contribution is 6.92. The van der Waals surface area contributed by atoms with Crippen LogP contribution >= 0.6 is 0 Å². The van der Waals surface area contributed by atoms with Gasteiger partial charge in [-0.2, -0.15) is 0 Å². The quantitative estimate of drug-likeness (QED) is 0.208. The fourth-order valence-corrected chi connectivity index (χ4v) is 7.43. The Bertz CT molecular complexity index is 684. The van der Waals surface area contributed by atoms with Gasteiger partial charge in [0, 0.05) is 12.7 Å². The van der Waals surface area contributed by atoms with Gasteiger partial charge in [0.1, 0.15) is 0 Å². The lowest BCUT2D eigenvalue weighted by atomic mass is 9.91. The van der Waals surface area contributed by atoms with Gasteiger partial charge in [0.25, 0.3) is 0 Å². The van der Waals surface area contributed by atoms with Crippen molar-refractivity contribution in [1.82, 2.24) is 0 Å². The lowest BCUT2D eigenvalue weighted by Gasteiger charge is -2.38. The van der Waals surface area contributed by atoms with E-state index >= 15 is 0 Å². The van der Waals surface area contributed by atoms with Crippen molar-refractivity contribution in [3.05, 3.63) is 60.7 Å². The van der Waals surface area contributed by atoms with Gasteiger partial charge in [0.05, 0.1) is 0 Å². The van der Waals surface area contributed by atoms with Gasteiger partial charge in [-0.15, -0.1) is 0 Å². The van der Waals surface area contributed by atoms with Crippen LogP contribution in [0, 0.1) is 5.41 Å². The van der Waals surface area contributed by atoms with E-state index in [1.807, 2.05) is 0 Å². The van der Waals surface area contributed by atoms with E-state index in [0.29, 0.717) is 0 Å². The standard InChI is InChI=1S/C29H46O2Si/c1-6-7-8-9-10-11-12-13-20-25-30-32(27-21-16-14-17-22-27,28-23-18-15-19-24-28)31-26(2)29(3,4)5/h14-19,21-24,26H,6-13,20,25H2,1-5H3. The molecule has 0 heterocycles. The van der Waals surface area contributed by atoms with Crippen LogP contribution in [-0.2, 0) is 8.85 Å². The lowest BCUT2D eigenvalue weighted by molar-refractivity contribution is 0.0637. The highest BCUT2D eigenvalue weighted by Gasteiger charge is 2.45. The molecular weight excluding hydrogens is 408 g/mol. The Morgan fingerprint density at radius 3 is 1.56 bits per heavy atom. The van der Waals surface area contributed by atoms with Crippen LogP contribution < -0.4 is 10.4 Å². The molecule has 0 saturated heterocycles. The van der Waals surface area contributed by atoms with E-state index < -0.39 is 8.56 Å². The van der Waals surface area contributed by atoms with Crippen molar-refractivity contribution >= 4 is 18.9 Å². The molecular formula is C29H46O2Si. The fourth-order valence-electron chi connectivity index (χ4n) is 3.87. The maximum absolute atomic E-state index is 6.97. The minimum absolute atomic E-state index is 0.0446. The third-order valence-corrected chi connectivity index (χ3v) is 9.91. The molecule has 0 bridgehead atoms. The van der Waals surface area contributed by atoms with Gasteiger partial charge in [-0.25, -0.2) is 0 Å². The highest BCUT2D eigenvalue weighted by Crippen LogP contribution is 2.26. The van der Waals surface area contributed by atoms with Crippen LogP contribution in [-0.4, -0.2) is 21.3 Å². The molecule has 0 N–H and O–H groups in total. The lowest BCUT2D eigenvalue weighted by Crippen LogP contribution is -2.65. The van der Waals surface area contributed by atoms with E-state index in [0.717, 1.165) is 13.0 Å². The largest absolute Gasteiger partial charge is 0.407 e. The number of benzene rings is 2. The van der Waals surface area contributed by atoms with Gasteiger partial charge < -0.3 is 8.85 Å². The highest BCUT2D eigenvalue weighted by atomic mass is 28.4. The first-order valence-corrected chi connectivity index (χ1v) is 14.6. The Morgan fingerprint density at radius 2 is 1.12 bits per heavy atom. The molecule has 2 aromatic carbocycles. The summed E-state index contributed by atoms with van der Waals surface area (Å²) in [6.45, 7) is 12.0. The molecule has 0 amide bonds. The summed E-state index contributed by atoms with van der Waals surface area (Å²) in [7, 11) is -2.81. The van der Waals surface area contributed by atoms with E-state index in [-0.39, 0.29) is 11.5 Å². The Hall–Kier alpha value is -1.42. The molecule has 0 fully saturated rings. The van der Waals surface area contributed by atoms with Crippen LogP contribution in [0.3, 0.4) is 0 Å². The summed E-state index contributed by atoms with van der Waals surface area (Å²) in [6.07, 6.45) is 11.9. The van der Waals surface area contributed by atoms with Crippen LogP contribution in [0.25, 0.3) is 0 Å². The summed E-state index contributed by atoms with van der Waals surface area (Å²) in [5.41, 5.74) is 0.0446. The predicted octanol–water partition coefficient (Wildman–Crippen LogP) is 7.24. The molecule has 0 aliphatic heterocycles. The van der Waals surface area contributed by atoms with Crippen molar-refractivity contribution in [3.8, 4) is 0 Å². The Labute approximate surface area is 199 Å². The summed E-state index contributed by atoms with van der Waals surface area (Å²) in [4.78, 5) is 0. The summed E-state index contributed by atoms with van der Waals surface area (Å²) in [6, 6.07) is 21.3. The average molecular weight is 455 g/mol. The zero-order valence-corrected chi connectivity index (χ0v) is 22.2. The molecule has 0 spiro atoms. The maximum Gasteiger partial charge on any atom is 0.407 e. The molecule has 32 heavy (non-hydrogen) atoms. The number of hydrogen-bond acceptors (Lipinski definition) is 2. The normalized spacial score (nSPS) is 13.3. The molecule has 3 heteroatoms. The minimum Gasteiger partial charge on any atom is -0.388 e. The molecule has 0 aliphatic rings. The molecule has 2 nitrogen and oxygen atoms in total. The van der Waals surface area contributed by atoms with Crippen molar-refractivity contribution in [2.75, 3.05) is 6.61 Å². The fraction of sp³-hybridized carbons (Fsp3) is 0.586. The Kier molecular flexibility index (Phi) is 11.7. The van der Waals surface area contributed by atoms with Crippen LogP contribution in [0.1, 0.15) is 92.4 Å². The third-order valence-electron chi connectivity index (χ3n) is 6.42. The Balaban J connectivity index is 2.08. The van der Waals surface area contributed by atoms with Crippen molar-refractivity contribution in [3.63, 3.8) is 0 Å². The van der Waals surface area contributed by atoms with E-state index in [1.165, 1.54) is 61.7 Å². The molecule has 0 saturated carbocycles. The van der Waals surface area contributed by atoms with Crippen molar-refractivity contribution < 1.29 is 8.85 Å². The number of unbranched alkanes of at least 4 members (excludes halogenated alkanes) is 8. The van der Waals surface area contributed by atoms with E-state index in [4.69, 9.17) is 8.85 Å². The van der Waals surface area contributed by atoms with Gasteiger partial charge in [-0.3, -0.25) is 0 Å². The second kappa shape index (κ2) is 14.0. The van der Waals surface area contributed by atoms with Crippen molar-refractivity contribution in [2.24, 2.45) is 5.41 Å². The average Bonchev–Trinajstić information content (AvgIpc) is 2.80. The molecule has 178 valence electrons. The SMILES string of the molecule is CCCCCCCCCCCO[Si](OC(C)C(C)(C)C)(c1ccccc1)c1ccccc1. The van der Waals surface area contributed by atoms with E-state index in [9.17, 15) is 0 Å². The zero-order valence-electron chi connectivity index (χ0n) is 21.2. The summed E-state index contributed by atoms with van der Waals surface area (Å²) in [5.74, 6) is 0.